The Labute approximate surface area is 122 Å². The third-order valence-corrected chi connectivity index (χ3v) is 5.11. The summed E-state index contributed by atoms with van der Waals surface area (Å²) >= 11 is 1.88. The van der Waals surface area contributed by atoms with Crippen LogP contribution >= 0.6 is 11.8 Å². The van der Waals surface area contributed by atoms with E-state index in [1.54, 1.807) is 0 Å². The van der Waals surface area contributed by atoms with Crippen molar-refractivity contribution in [1.82, 2.24) is 9.97 Å². The van der Waals surface area contributed by atoms with E-state index < -0.39 is 0 Å². The molecular weight excluding hydrogens is 270 g/mol. The summed E-state index contributed by atoms with van der Waals surface area (Å²) in [5.41, 5.74) is 2.38. The zero-order chi connectivity index (χ0) is 13.7. The SMILES string of the molecule is CNc1nc(-c2ccc(C3CC3C)o2)nc2c1CSC2. The number of aromatic nitrogens is 2. The molecule has 0 aromatic carbocycles. The van der Waals surface area contributed by atoms with E-state index in [-0.39, 0.29) is 0 Å². The quantitative estimate of drug-likeness (QED) is 0.934. The number of nitrogens with zero attached hydrogens (tertiary/aromatic N) is 2. The molecule has 2 aliphatic rings. The van der Waals surface area contributed by atoms with Gasteiger partial charge >= 0.3 is 0 Å². The molecule has 1 aliphatic heterocycles. The molecule has 0 saturated heterocycles. The first-order valence-electron chi connectivity index (χ1n) is 7.01. The molecule has 2 aromatic heterocycles. The van der Waals surface area contributed by atoms with E-state index >= 15 is 0 Å². The van der Waals surface area contributed by atoms with E-state index in [2.05, 4.69) is 28.3 Å². The van der Waals surface area contributed by atoms with Gasteiger partial charge in [-0.25, -0.2) is 9.97 Å². The average molecular weight is 287 g/mol. The molecule has 5 heteroatoms. The third kappa shape index (κ3) is 1.92. The molecule has 1 saturated carbocycles. The molecule has 104 valence electrons. The molecule has 1 aliphatic carbocycles. The Kier molecular flexibility index (Phi) is 2.77. The van der Waals surface area contributed by atoms with Crippen molar-refractivity contribution in [3.8, 4) is 11.6 Å². The van der Waals surface area contributed by atoms with Gasteiger partial charge in [-0.1, -0.05) is 6.92 Å². The molecule has 2 atom stereocenters. The van der Waals surface area contributed by atoms with Crippen molar-refractivity contribution in [2.45, 2.75) is 30.8 Å². The molecule has 3 heterocycles. The summed E-state index contributed by atoms with van der Waals surface area (Å²) in [6, 6.07) is 4.08. The van der Waals surface area contributed by atoms with Crippen molar-refractivity contribution >= 4 is 17.6 Å². The van der Waals surface area contributed by atoms with Gasteiger partial charge in [0.05, 0.1) is 5.69 Å². The maximum absolute atomic E-state index is 5.96. The number of furan rings is 1. The molecule has 0 radical (unpaired) electrons. The van der Waals surface area contributed by atoms with Crippen LogP contribution in [-0.4, -0.2) is 17.0 Å². The van der Waals surface area contributed by atoms with Crippen molar-refractivity contribution in [2.75, 3.05) is 12.4 Å². The normalized spacial score (nSPS) is 23.7. The molecule has 2 unspecified atom stereocenters. The van der Waals surface area contributed by atoms with E-state index in [0.29, 0.717) is 11.7 Å². The van der Waals surface area contributed by atoms with Gasteiger partial charge in [0.1, 0.15) is 11.6 Å². The van der Waals surface area contributed by atoms with Crippen LogP contribution in [0.1, 0.15) is 36.3 Å². The number of rotatable bonds is 3. The van der Waals surface area contributed by atoms with Gasteiger partial charge in [-0.2, -0.15) is 11.8 Å². The largest absolute Gasteiger partial charge is 0.457 e. The van der Waals surface area contributed by atoms with E-state index in [4.69, 9.17) is 4.42 Å². The van der Waals surface area contributed by atoms with Gasteiger partial charge in [0, 0.05) is 30.0 Å². The van der Waals surface area contributed by atoms with Crippen LogP contribution in [0.5, 0.6) is 0 Å². The lowest BCUT2D eigenvalue weighted by Gasteiger charge is -2.07. The highest BCUT2D eigenvalue weighted by atomic mass is 32.2. The van der Waals surface area contributed by atoms with Crippen molar-refractivity contribution in [3.63, 3.8) is 0 Å². The Hall–Kier alpha value is -1.49. The number of nitrogens with one attached hydrogen (secondary N) is 1. The highest BCUT2D eigenvalue weighted by Gasteiger charge is 2.36. The fourth-order valence-electron chi connectivity index (χ4n) is 2.76. The lowest BCUT2D eigenvalue weighted by atomic mass is 10.2. The summed E-state index contributed by atoms with van der Waals surface area (Å²) < 4.78 is 5.96. The van der Waals surface area contributed by atoms with Crippen LogP contribution in [0.25, 0.3) is 11.6 Å². The topological polar surface area (TPSA) is 51.0 Å². The summed E-state index contributed by atoms with van der Waals surface area (Å²) in [7, 11) is 1.91. The van der Waals surface area contributed by atoms with Gasteiger partial charge in [0.15, 0.2) is 11.6 Å². The van der Waals surface area contributed by atoms with Crippen molar-refractivity contribution in [3.05, 3.63) is 29.2 Å². The summed E-state index contributed by atoms with van der Waals surface area (Å²) in [5.74, 6) is 6.81. The fraction of sp³-hybridized carbons (Fsp3) is 0.467. The van der Waals surface area contributed by atoms with Gasteiger partial charge in [0.25, 0.3) is 0 Å². The molecule has 20 heavy (non-hydrogen) atoms. The molecule has 1 N–H and O–H groups in total. The number of hydrogen-bond donors (Lipinski definition) is 1. The molecular formula is C15H17N3OS. The minimum absolute atomic E-state index is 0.595. The molecule has 0 spiro atoms. The minimum Gasteiger partial charge on any atom is -0.457 e. The first kappa shape index (κ1) is 12.3. The van der Waals surface area contributed by atoms with Crippen molar-refractivity contribution < 1.29 is 4.42 Å². The number of hydrogen-bond acceptors (Lipinski definition) is 5. The fourth-order valence-corrected chi connectivity index (χ4v) is 3.80. The number of fused-ring (bicyclic) bond motifs is 1. The predicted molar refractivity (Wildman–Crippen MR) is 80.8 cm³/mol. The Bertz CT molecular complexity index is 667. The molecule has 1 fully saturated rings. The second-order valence-corrected chi connectivity index (χ2v) is 6.57. The maximum atomic E-state index is 5.96. The third-order valence-electron chi connectivity index (χ3n) is 4.14. The standard InChI is InChI=1S/C15H17N3OS/c1-8-5-9(8)12-3-4-13(19-12)15-17-11-7-20-6-10(11)14(16-2)18-15/h3-4,8-9H,5-7H2,1-2H3,(H,16,17,18). The maximum Gasteiger partial charge on any atom is 0.197 e. The Morgan fingerprint density at radius 3 is 2.90 bits per heavy atom. The summed E-state index contributed by atoms with van der Waals surface area (Å²) in [6.45, 7) is 2.26. The monoisotopic (exact) mass is 287 g/mol. The van der Waals surface area contributed by atoms with E-state index in [9.17, 15) is 0 Å². The van der Waals surface area contributed by atoms with E-state index in [1.807, 2.05) is 24.9 Å². The Morgan fingerprint density at radius 1 is 1.30 bits per heavy atom. The van der Waals surface area contributed by atoms with Gasteiger partial charge < -0.3 is 9.73 Å². The minimum atomic E-state index is 0.595. The average Bonchev–Trinajstić information content (AvgIpc) is 2.90. The second-order valence-electron chi connectivity index (χ2n) is 5.59. The lowest BCUT2D eigenvalue weighted by molar-refractivity contribution is 0.515. The zero-order valence-electron chi connectivity index (χ0n) is 11.6. The molecule has 0 bridgehead atoms. The van der Waals surface area contributed by atoms with Crippen molar-refractivity contribution in [2.24, 2.45) is 5.92 Å². The van der Waals surface area contributed by atoms with E-state index in [1.165, 1.54) is 12.0 Å². The first-order chi connectivity index (χ1) is 9.76. The number of anilines is 1. The van der Waals surface area contributed by atoms with Crippen LogP contribution in [0.2, 0.25) is 0 Å². The first-order valence-corrected chi connectivity index (χ1v) is 8.17. The van der Waals surface area contributed by atoms with Crippen molar-refractivity contribution in [1.29, 1.82) is 0 Å². The Morgan fingerprint density at radius 2 is 2.15 bits per heavy atom. The lowest BCUT2D eigenvalue weighted by Crippen LogP contribution is -2.03. The second kappa shape index (κ2) is 4.52. The van der Waals surface area contributed by atoms with Crippen LogP contribution < -0.4 is 5.32 Å². The smallest absolute Gasteiger partial charge is 0.197 e. The molecule has 4 nitrogen and oxygen atoms in total. The Balaban J connectivity index is 1.73. The van der Waals surface area contributed by atoms with Crippen LogP contribution in [0.4, 0.5) is 5.82 Å². The van der Waals surface area contributed by atoms with Gasteiger partial charge in [-0.3, -0.25) is 0 Å². The van der Waals surface area contributed by atoms with Gasteiger partial charge in [0.2, 0.25) is 0 Å². The van der Waals surface area contributed by atoms with Crippen LogP contribution in [0.3, 0.4) is 0 Å². The highest BCUT2D eigenvalue weighted by molar-refractivity contribution is 7.98. The van der Waals surface area contributed by atoms with Gasteiger partial charge in [-0.15, -0.1) is 0 Å². The predicted octanol–water partition coefficient (Wildman–Crippen LogP) is 3.65. The van der Waals surface area contributed by atoms with E-state index in [0.717, 1.165) is 40.5 Å². The molecule has 2 aromatic rings. The van der Waals surface area contributed by atoms with Gasteiger partial charge in [-0.05, 0) is 24.5 Å². The number of thioether (sulfide) groups is 1. The molecule has 0 amide bonds. The zero-order valence-corrected chi connectivity index (χ0v) is 12.5. The summed E-state index contributed by atoms with van der Waals surface area (Å²) in [5, 5.41) is 3.18. The van der Waals surface area contributed by atoms with Crippen LogP contribution in [-0.2, 0) is 11.5 Å². The molecule has 4 rings (SSSR count). The van der Waals surface area contributed by atoms with Crippen LogP contribution in [0, 0.1) is 5.92 Å². The summed E-state index contributed by atoms with van der Waals surface area (Å²) in [4.78, 5) is 9.29. The summed E-state index contributed by atoms with van der Waals surface area (Å²) in [6.07, 6.45) is 1.23. The highest BCUT2D eigenvalue weighted by Crippen LogP contribution is 2.48. The van der Waals surface area contributed by atoms with Crippen LogP contribution in [0.15, 0.2) is 16.5 Å².